The fourth-order valence-corrected chi connectivity index (χ4v) is 3.94. The maximum atomic E-state index is 12.5. The zero-order chi connectivity index (χ0) is 20.1. The molecule has 0 aromatic heterocycles. The molecule has 0 spiro atoms. The van der Waals surface area contributed by atoms with E-state index in [1.54, 1.807) is 13.0 Å². The van der Waals surface area contributed by atoms with E-state index in [2.05, 4.69) is 29.6 Å². The Bertz CT molecular complexity index is 844. The predicted octanol–water partition coefficient (Wildman–Crippen LogP) is 2.69. The third kappa shape index (κ3) is 4.95. The van der Waals surface area contributed by atoms with Gasteiger partial charge < -0.3 is 10.2 Å². The Labute approximate surface area is 165 Å². The van der Waals surface area contributed by atoms with Crippen molar-refractivity contribution in [2.24, 2.45) is 5.92 Å². The number of nitro groups is 1. The number of quaternary nitrogens is 1. The SMILES string of the molecule is Cc1ccc([N+](=O)[O-])c(NC(=O)C[NH+]2CCC(Cc3ccccc3)CC2)c1C. The number of aryl methyl sites for hydroxylation is 1. The summed E-state index contributed by atoms with van der Waals surface area (Å²) < 4.78 is 0. The second-order valence-electron chi connectivity index (χ2n) is 7.77. The summed E-state index contributed by atoms with van der Waals surface area (Å²) in [5, 5.41) is 14.1. The third-order valence-electron chi connectivity index (χ3n) is 5.77. The number of likely N-dealkylation sites (tertiary alicyclic amines) is 1. The molecule has 1 fully saturated rings. The lowest BCUT2D eigenvalue weighted by Gasteiger charge is -2.29. The number of piperidine rings is 1. The topological polar surface area (TPSA) is 76.7 Å². The molecule has 0 bridgehead atoms. The van der Waals surface area contributed by atoms with Crippen LogP contribution in [0.3, 0.4) is 0 Å². The molecule has 1 aliphatic rings. The van der Waals surface area contributed by atoms with E-state index in [9.17, 15) is 14.9 Å². The van der Waals surface area contributed by atoms with Crippen LogP contribution in [0.2, 0.25) is 0 Å². The van der Waals surface area contributed by atoms with Gasteiger partial charge in [0.2, 0.25) is 0 Å². The van der Waals surface area contributed by atoms with Gasteiger partial charge >= 0.3 is 0 Å². The van der Waals surface area contributed by atoms with Crippen molar-refractivity contribution in [3.63, 3.8) is 0 Å². The van der Waals surface area contributed by atoms with Crippen LogP contribution in [0, 0.1) is 29.9 Å². The molecule has 6 heteroatoms. The smallest absolute Gasteiger partial charge is 0.293 e. The molecular weight excluding hydrogens is 354 g/mol. The summed E-state index contributed by atoms with van der Waals surface area (Å²) in [6, 6.07) is 13.7. The average molecular weight is 382 g/mol. The summed E-state index contributed by atoms with van der Waals surface area (Å²) in [6.07, 6.45) is 3.29. The molecule has 3 rings (SSSR count). The number of hydrogen-bond acceptors (Lipinski definition) is 3. The van der Waals surface area contributed by atoms with Crippen molar-refractivity contribution in [2.45, 2.75) is 33.1 Å². The first-order chi connectivity index (χ1) is 13.4. The summed E-state index contributed by atoms with van der Waals surface area (Å²) in [6.45, 7) is 5.96. The van der Waals surface area contributed by atoms with E-state index in [0.717, 1.165) is 43.5 Å². The predicted molar refractivity (Wildman–Crippen MR) is 110 cm³/mol. The first kappa shape index (κ1) is 20.0. The summed E-state index contributed by atoms with van der Waals surface area (Å²) in [7, 11) is 0. The van der Waals surface area contributed by atoms with E-state index in [1.165, 1.54) is 16.5 Å². The third-order valence-corrected chi connectivity index (χ3v) is 5.77. The van der Waals surface area contributed by atoms with Crippen molar-refractivity contribution < 1.29 is 14.6 Å². The lowest BCUT2D eigenvalue weighted by atomic mass is 9.90. The van der Waals surface area contributed by atoms with E-state index in [-0.39, 0.29) is 11.6 Å². The van der Waals surface area contributed by atoms with Gasteiger partial charge in [-0.15, -0.1) is 0 Å². The Morgan fingerprint density at radius 3 is 2.46 bits per heavy atom. The molecule has 1 amide bonds. The van der Waals surface area contributed by atoms with Crippen molar-refractivity contribution in [1.29, 1.82) is 0 Å². The minimum Gasteiger partial charge on any atom is -0.327 e. The Balaban J connectivity index is 1.54. The molecule has 2 aromatic carbocycles. The molecule has 0 unspecified atom stereocenters. The monoisotopic (exact) mass is 382 g/mol. The molecule has 28 heavy (non-hydrogen) atoms. The van der Waals surface area contributed by atoms with Gasteiger partial charge in [-0.2, -0.15) is 0 Å². The van der Waals surface area contributed by atoms with Crippen LogP contribution < -0.4 is 10.2 Å². The van der Waals surface area contributed by atoms with Crippen LogP contribution in [0.1, 0.15) is 29.5 Å². The van der Waals surface area contributed by atoms with Crippen LogP contribution in [-0.4, -0.2) is 30.5 Å². The van der Waals surface area contributed by atoms with E-state index in [1.807, 2.05) is 13.0 Å². The molecule has 6 nitrogen and oxygen atoms in total. The van der Waals surface area contributed by atoms with Crippen molar-refractivity contribution in [3.8, 4) is 0 Å². The summed E-state index contributed by atoms with van der Waals surface area (Å²) in [5.41, 5.74) is 3.33. The standard InChI is InChI=1S/C22H27N3O3/c1-16-8-9-20(25(27)28)22(17(16)2)23-21(26)15-24-12-10-19(11-13-24)14-18-6-4-3-5-7-18/h3-9,19H,10-15H2,1-2H3,(H,23,26)/p+1. The average Bonchev–Trinajstić information content (AvgIpc) is 2.68. The molecule has 0 saturated carbocycles. The van der Waals surface area contributed by atoms with Crippen LogP contribution in [-0.2, 0) is 11.2 Å². The highest BCUT2D eigenvalue weighted by molar-refractivity contribution is 5.95. The highest BCUT2D eigenvalue weighted by atomic mass is 16.6. The van der Waals surface area contributed by atoms with Crippen LogP contribution in [0.5, 0.6) is 0 Å². The van der Waals surface area contributed by atoms with Gasteiger partial charge in [0.1, 0.15) is 5.69 Å². The molecule has 1 heterocycles. The quantitative estimate of drug-likeness (QED) is 0.596. The minimum atomic E-state index is -0.440. The van der Waals surface area contributed by atoms with E-state index in [4.69, 9.17) is 0 Å². The summed E-state index contributed by atoms with van der Waals surface area (Å²) >= 11 is 0. The first-order valence-corrected chi connectivity index (χ1v) is 9.86. The van der Waals surface area contributed by atoms with Gasteiger partial charge in [0.05, 0.1) is 18.0 Å². The number of carbonyl (C=O) groups is 1. The number of nitro benzene ring substituents is 1. The van der Waals surface area contributed by atoms with Gasteiger partial charge in [0.25, 0.3) is 11.6 Å². The van der Waals surface area contributed by atoms with Gasteiger partial charge in [-0.1, -0.05) is 36.4 Å². The van der Waals surface area contributed by atoms with E-state index >= 15 is 0 Å². The number of hydrogen-bond donors (Lipinski definition) is 2. The molecule has 148 valence electrons. The molecule has 0 radical (unpaired) electrons. The zero-order valence-corrected chi connectivity index (χ0v) is 16.5. The number of amides is 1. The van der Waals surface area contributed by atoms with Crippen LogP contribution >= 0.6 is 0 Å². The minimum absolute atomic E-state index is 0.0481. The molecule has 1 aliphatic heterocycles. The van der Waals surface area contributed by atoms with Crippen molar-refractivity contribution >= 4 is 17.3 Å². The molecule has 0 aliphatic carbocycles. The highest BCUT2D eigenvalue weighted by Gasteiger charge is 2.26. The normalized spacial score (nSPS) is 19.2. The maximum absolute atomic E-state index is 12.5. The summed E-state index contributed by atoms with van der Waals surface area (Å²) in [5.74, 6) is 0.502. The summed E-state index contributed by atoms with van der Waals surface area (Å²) in [4.78, 5) is 24.6. The maximum Gasteiger partial charge on any atom is 0.293 e. The van der Waals surface area contributed by atoms with Gasteiger partial charge in [0.15, 0.2) is 6.54 Å². The Morgan fingerprint density at radius 1 is 1.14 bits per heavy atom. The van der Waals surface area contributed by atoms with Gasteiger partial charge in [-0.05, 0) is 55.7 Å². The number of nitrogens with one attached hydrogen (secondary N) is 2. The number of nitrogens with zero attached hydrogens (tertiary/aromatic N) is 1. The van der Waals surface area contributed by atoms with Crippen LogP contribution in [0.15, 0.2) is 42.5 Å². The fraction of sp³-hybridized carbons (Fsp3) is 0.409. The molecule has 2 aromatic rings. The van der Waals surface area contributed by atoms with Crippen molar-refractivity contribution in [3.05, 3.63) is 69.3 Å². The number of rotatable bonds is 6. The van der Waals surface area contributed by atoms with Crippen molar-refractivity contribution in [1.82, 2.24) is 0 Å². The second kappa shape index (κ2) is 8.97. The Kier molecular flexibility index (Phi) is 6.41. The van der Waals surface area contributed by atoms with Gasteiger partial charge in [-0.3, -0.25) is 14.9 Å². The Hall–Kier alpha value is -2.73. The molecule has 0 atom stereocenters. The van der Waals surface area contributed by atoms with Gasteiger partial charge in [-0.25, -0.2) is 0 Å². The van der Waals surface area contributed by atoms with Crippen LogP contribution in [0.25, 0.3) is 0 Å². The van der Waals surface area contributed by atoms with Crippen LogP contribution in [0.4, 0.5) is 11.4 Å². The Morgan fingerprint density at radius 2 is 1.82 bits per heavy atom. The first-order valence-electron chi connectivity index (χ1n) is 9.86. The fourth-order valence-electron chi connectivity index (χ4n) is 3.94. The van der Waals surface area contributed by atoms with E-state index in [0.29, 0.717) is 18.2 Å². The van der Waals surface area contributed by atoms with Crippen molar-refractivity contribution in [2.75, 3.05) is 25.0 Å². The number of carbonyl (C=O) groups excluding carboxylic acids is 1. The lowest BCUT2D eigenvalue weighted by molar-refractivity contribution is -0.898. The lowest BCUT2D eigenvalue weighted by Crippen LogP contribution is -3.14. The van der Waals surface area contributed by atoms with Gasteiger partial charge in [0, 0.05) is 6.07 Å². The highest BCUT2D eigenvalue weighted by Crippen LogP contribution is 2.30. The largest absolute Gasteiger partial charge is 0.327 e. The van der Waals surface area contributed by atoms with E-state index < -0.39 is 4.92 Å². The zero-order valence-electron chi connectivity index (χ0n) is 16.5. The molecule has 2 N–H and O–H groups in total. The number of benzene rings is 2. The number of anilines is 1. The second-order valence-corrected chi connectivity index (χ2v) is 7.77. The molecule has 1 saturated heterocycles. The molecular formula is C22H28N3O3+.